The standard InChI is InChI=1S/C30H54O/c1-2-3-4-5-6-7-8-9-10-11-12-13-14-15-16-17-18-19-21-26-30(27-28-31)29-24-22-20-23-25-29/h20,22-25,30-31H,2-19,21,26-28H2,1H3. The molecule has 0 aliphatic heterocycles. The van der Waals surface area contributed by atoms with Gasteiger partial charge in [0.1, 0.15) is 0 Å². The molecule has 1 heteroatoms. The van der Waals surface area contributed by atoms with E-state index in [0.29, 0.717) is 12.5 Å². The minimum atomic E-state index is 0.304. The molecule has 180 valence electrons. The van der Waals surface area contributed by atoms with Gasteiger partial charge in [0.25, 0.3) is 0 Å². The first-order valence-electron chi connectivity index (χ1n) is 14.0. The van der Waals surface area contributed by atoms with Crippen LogP contribution in [0, 0.1) is 0 Å². The third-order valence-corrected chi connectivity index (χ3v) is 6.90. The minimum absolute atomic E-state index is 0.304. The van der Waals surface area contributed by atoms with Crippen molar-refractivity contribution >= 4 is 0 Å². The molecule has 0 amide bonds. The van der Waals surface area contributed by atoms with E-state index in [2.05, 4.69) is 37.3 Å². The Kier molecular flexibility index (Phi) is 20.4. The Balaban J connectivity index is 1.80. The quantitative estimate of drug-likeness (QED) is 0.171. The lowest BCUT2D eigenvalue weighted by Gasteiger charge is -2.16. The van der Waals surface area contributed by atoms with E-state index in [1.54, 1.807) is 0 Å². The van der Waals surface area contributed by atoms with Gasteiger partial charge in [-0.15, -0.1) is 0 Å². The van der Waals surface area contributed by atoms with Crippen LogP contribution in [0.5, 0.6) is 0 Å². The van der Waals surface area contributed by atoms with Gasteiger partial charge in [-0.3, -0.25) is 0 Å². The minimum Gasteiger partial charge on any atom is -0.396 e. The van der Waals surface area contributed by atoms with Crippen molar-refractivity contribution in [3.05, 3.63) is 35.9 Å². The Labute approximate surface area is 195 Å². The molecule has 0 fully saturated rings. The molecule has 0 aliphatic carbocycles. The van der Waals surface area contributed by atoms with E-state index in [0.717, 1.165) is 6.42 Å². The highest BCUT2D eigenvalue weighted by molar-refractivity contribution is 5.19. The summed E-state index contributed by atoms with van der Waals surface area (Å²) in [6.45, 7) is 2.60. The Morgan fingerprint density at radius 2 is 0.903 bits per heavy atom. The molecule has 0 aliphatic rings. The molecule has 1 rings (SSSR count). The molecule has 0 saturated carbocycles. The van der Waals surface area contributed by atoms with Gasteiger partial charge in [-0.2, -0.15) is 0 Å². The normalized spacial score (nSPS) is 12.3. The highest BCUT2D eigenvalue weighted by atomic mass is 16.3. The third-order valence-electron chi connectivity index (χ3n) is 6.90. The summed E-state index contributed by atoms with van der Waals surface area (Å²) in [7, 11) is 0. The van der Waals surface area contributed by atoms with Crippen LogP contribution in [-0.4, -0.2) is 11.7 Å². The molecular formula is C30H54O. The van der Waals surface area contributed by atoms with E-state index in [1.165, 1.54) is 134 Å². The Hall–Kier alpha value is -0.820. The van der Waals surface area contributed by atoms with Gasteiger partial charge in [-0.05, 0) is 24.3 Å². The monoisotopic (exact) mass is 430 g/mol. The number of hydrogen-bond acceptors (Lipinski definition) is 1. The van der Waals surface area contributed by atoms with Gasteiger partial charge in [0.15, 0.2) is 0 Å². The Bertz CT molecular complexity index is 455. The first-order chi connectivity index (χ1) is 15.4. The summed E-state index contributed by atoms with van der Waals surface area (Å²) in [5, 5.41) is 9.36. The van der Waals surface area contributed by atoms with Crippen molar-refractivity contribution in [3.63, 3.8) is 0 Å². The van der Waals surface area contributed by atoms with E-state index in [4.69, 9.17) is 0 Å². The molecular weight excluding hydrogens is 376 g/mol. The summed E-state index contributed by atoms with van der Waals surface area (Å²) in [4.78, 5) is 0. The Morgan fingerprint density at radius 3 is 1.29 bits per heavy atom. The first-order valence-corrected chi connectivity index (χ1v) is 14.0. The van der Waals surface area contributed by atoms with Gasteiger partial charge >= 0.3 is 0 Å². The van der Waals surface area contributed by atoms with Crippen molar-refractivity contribution in [2.75, 3.05) is 6.61 Å². The number of hydrogen-bond donors (Lipinski definition) is 1. The van der Waals surface area contributed by atoms with Crippen molar-refractivity contribution in [3.8, 4) is 0 Å². The zero-order valence-electron chi connectivity index (χ0n) is 21.0. The summed E-state index contributed by atoms with van der Waals surface area (Å²) < 4.78 is 0. The zero-order chi connectivity index (χ0) is 22.2. The van der Waals surface area contributed by atoms with E-state index < -0.39 is 0 Å². The van der Waals surface area contributed by atoms with Gasteiger partial charge in [-0.1, -0.05) is 159 Å². The van der Waals surface area contributed by atoms with Gasteiger partial charge in [0.2, 0.25) is 0 Å². The predicted molar refractivity (Wildman–Crippen MR) is 139 cm³/mol. The summed E-state index contributed by atoms with van der Waals surface area (Å²) >= 11 is 0. The zero-order valence-corrected chi connectivity index (χ0v) is 21.0. The van der Waals surface area contributed by atoms with Crippen molar-refractivity contribution in [1.29, 1.82) is 0 Å². The number of aliphatic hydroxyl groups is 1. The molecule has 1 nitrogen and oxygen atoms in total. The van der Waals surface area contributed by atoms with Gasteiger partial charge in [0, 0.05) is 6.61 Å². The van der Waals surface area contributed by atoms with Gasteiger partial charge in [0.05, 0.1) is 0 Å². The summed E-state index contributed by atoms with van der Waals surface area (Å²) in [5.74, 6) is 0.539. The SMILES string of the molecule is CCCCCCCCCCCCCCCCCCCCCC(CCO)c1ccccc1. The highest BCUT2D eigenvalue weighted by Gasteiger charge is 2.10. The molecule has 0 saturated heterocycles. The molecule has 1 atom stereocenters. The van der Waals surface area contributed by atoms with Crippen molar-refractivity contribution < 1.29 is 5.11 Å². The molecule has 0 bridgehead atoms. The molecule has 0 radical (unpaired) electrons. The second kappa shape index (κ2) is 22.4. The van der Waals surface area contributed by atoms with E-state index >= 15 is 0 Å². The lowest BCUT2D eigenvalue weighted by atomic mass is 9.90. The molecule has 0 heterocycles. The molecule has 1 N–H and O–H groups in total. The number of aliphatic hydroxyl groups excluding tert-OH is 1. The first kappa shape index (κ1) is 28.2. The van der Waals surface area contributed by atoms with E-state index in [-0.39, 0.29) is 0 Å². The number of benzene rings is 1. The summed E-state index contributed by atoms with van der Waals surface area (Å²) in [6.07, 6.45) is 29.3. The van der Waals surface area contributed by atoms with Crippen molar-refractivity contribution in [1.82, 2.24) is 0 Å². The van der Waals surface area contributed by atoms with Crippen molar-refractivity contribution in [2.45, 2.75) is 148 Å². The molecule has 1 aromatic carbocycles. The van der Waals surface area contributed by atoms with Crippen LogP contribution in [0.15, 0.2) is 30.3 Å². The highest BCUT2D eigenvalue weighted by Crippen LogP contribution is 2.26. The predicted octanol–water partition coefficient (Wildman–Crippen LogP) is 9.97. The van der Waals surface area contributed by atoms with E-state index in [1.807, 2.05) is 0 Å². The van der Waals surface area contributed by atoms with Crippen LogP contribution in [0.25, 0.3) is 0 Å². The molecule has 0 spiro atoms. The van der Waals surface area contributed by atoms with Gasteiger partial charge < -0.3 is 5.11 Å². The maximum Gasteiger partial charge on any atom is 0.0436 e. The van der Waals surface area contributed by atoms with Crippen LogP contribution in [0.1, 0.15) is 153 Å². The lowest BCUT2D eigenvalue weighted by Crippen LogP contribution is -2.01. The smallest absolute Gasteiger partial charge is 0.0436 e. The average molecular weight is 431 g/mol. The third kappa shape index (κ3) is 17.4. The maximum absolute atomic E-state index is 9.36. The van der Waals surface area contributed by atoms with Crippen molar-refractivity contribution in [2.24, 2.45) is 0 Å². The van der Waals surface area contributed by atoms with E-state index in [9.17, 15) is 5.11 Å². The average Bonchev–Trinajstić information content (AvgIpc) is 2.80. The molecule has 0 aromatic heterocycles. The maximum atomic E-state index is 9.36. The second-order valence-electron chi connectivity index (χ2n) is 9.77. The number of rotatable bonds is 23. The van der Waals surface area contributed by atoms with Crippen LogP contribution < -0.4 is 0 Å². The van der Waals surface area contributed by atoms with Crippen LogP contribution in [0.4, 0.5) is 0 Å². The second-order valence-corrected chi connectivity index (χ2v) is 9.77. The summed E-state index contributed by atoms with van der Waals surface area (Å²) in [5.41, 5.74) is 1.40. The summed E-state index contributed by atoms with van der Waals surface area (Å²) in [6, 6.07) is 10.8. The molecule has 31 heavy (non-hydrogen) atoms. The van der Waals surface area contributed by atoms with Crippen LogP contribution in [-0.2, 0) is 0 Å². The molecule has 1 aromatic rings. The fraction of sp³-hybridized carbons (Fsp3) is 0.800. The lowest BCUT2D eigenvalue weighted by molar-refractivity contribution is 0.271. The van der Waals surface area contributed by atoms with Crippen LogP contribution >= 0.6 is 0 Å². The topological polar surface area (TPSA) is 20.2 Å². The Morgan fingerprint density at radius 1 is 0.516 bits per heavy atom. The van der Waals surface area contributed by atoms with Crippen LogP contribution in [0.3, 0.4) is 0 Å². The number of unbranched alkanes of at least 4 members (excludes halogenated alkanes) is 18. The fourth-order valence-corrected chi connectivity index (χ4v) is 4.83. The largest absolute Gasteiger partial charge is 0.396 e. The van der Waals surface area contributed by atoms with Crippen LogP contribution in [0.2, 0.25) is 0 Å². The van der Waals surface area contributed by atoms with Gasteiger partial charge in [-0.25, -0.2) is 0 Å². The fourth-order valence-electron chi connectivity index (χ4n) is 4.83. The molecule has 1 unspecified atom stereocenters.